The maximum absolute atomic E-state index is 11.7. The quantitative estimate of drug-likeness (QED) is 0.769. The fourth-order valence-corrected chi connectivity index (χ4v) is 2.43. The molecule has 0 aromatic rings. The standard InChI is InChI=1S/C12H24N2O/c1-10(2)8-11-4-3-7-14(9-11)12(15)5-6-13/h10-11H,3-9,13H2,1-2H3. The molecule has 0 spiro atoms. The molecule has 1 unspecified atom stereocenters. The van der Waals surface area contributed by atoms with Crippen molar-refractivity contribution in [1.29, 1.82) is 0 Å². The third kappa shape index (κ3) is 4.20. The highest BCUT2D eigenvalue weighted by Crippen LogP contribution is 2.23. The smallest absolute Gasteiger partial charge is 0.223 e. The van der Waals surface area contributed by atoms with E-state index >= 15 is 0 Å². The van der Waals surface area contributed by atoms with Crippen LogP contribution in [0, 0.1) is 11.8 Å². The van der Waals surface area contributed by atoms with Crippen molar-refractivity contribution in [2.45, 2.75) is 39.5 Å². The van der Waals surface area contributed by atoms with Crippen LogP contribution in [0.15, 0.2) is 0 Å². The molecular formula is C12H24N2O. The molecule has 1 rings (SSSR count). The predicted octanol–water partition coefficient (Wildman–Crippen LogP) is 1.62. The molecular weight excluding hydrogens is 188 g/mol. The third-order valence-corrected chi connectivity index (χ3v) is 3.03. The van der Waals surface area contributed by atoms with Crippen molar-refractivity contribution in [3.8, 4) is 0 Å². The Labute approximate surface area is 93.0 Å². The molecule has 0 aliphatic carbocycles. The molecule has 0 radical (unpaired) electrons. The lowest BCUT2D eigenvalue weighted by atomic mass is 9.89. The lowest BCUT2D eigenvalue weighted by Gasteiger charge is -2.33. The minimum absolute atomic E-state index is 0.242. The molecule has 1 fully saturated rings. The first-order valence-electron chi connectivity index (χ1n) is 6.11. The van der Waals surface area contributed by atoms with Gasteiger partial charge in [0.05, 0.1) is 0 Å². The Morgan fingerprint density at radius 1 is 1.53 bits per heavy atom. The number of piperidine rings is 1. The van der Waals surface area contributed by atoms with E-state index in [2.05, 4.69) is 13.8 Å². The van der Waals surface area contributed by atoms with Gasteiger partial charge in [0.15, 0.2) is 0 Å². The van der Waals surface area contributed by atoms with Gasteiger partial charge in [-0.25, -0.2) is 0 Å². The summed E-state index contributed by atoms with van der Waals surface area (Å²) in [6.45, 7) is 6.87. The molecule has 1 atom stereocenters. The minimum atomic E-state index is 0.242. The molecule has 1 aliphatic heterocycles. The monoisotopic (exact) mass is 212 g/mol. The van der Waals surface area contributed by atoms with E-state index in [1.165, 1.54) is 12.8 Å². The summed E-state index contributed by atoms with van der Waals surface area (Å²) in [6.07, 6.45) is 4.19. The third-order valence-electron chi connectivity index (χ3n) is 3.03. The van der Waals surface area contributed by atoms with E-state index in [0.29, 0.717) is 18.9 Å². The second kappa shape index (κ2) is 6.11. The summed E-state index contributed by atoms with van der Waals surface area (Å²) in [4.78, 5) is 13.7. The van der Waals surface area contributed by atoms with Crippen molar-refractivity contribution < 1.29 is 4.79 Å². The van der Waals surface area contributed by atoms with Gasteiger partial charge < -0.3 is 10.6 Å². The zero-order chi connectivity index (χ0) is 11.3. The highest BCUT2D eigenvalue weighted by molar-refractivity contribution is 5.76. The Morgan fingerprint density at radius 3 is 2.87 bits per heavy atom. The average Bonchev–Trinajstić information content (AvgIpc) is 2.17. The number of hydrogen-bond acceptors (Lipinski definition) is 2. The first-order chi connectivity index (χ1) is 7.13. The lowest BCUT2D eigenvalue weighted by molar-refractivity contribution is -0.132. The van der Waals surface area contributed by atoms with Crippen LogP contribution in [-0.2, 0) is 4.79 Å². The Bertz CT molecular complexity index is 204. The highest BCUT2D eigenvalue weighted by Gasteiger charge is 2.23. The predicted molar refractivity (Wildman–Crippen MR) is 62.4 cm³/mol. The van der Waals surface area contributed by atoms with Gasteiger partial charge in [0.1, 0.15) is 0 Å². The molecule has 1 saturated heterocycles. The maximum atomic E-state index is 11.7. The number of carbonyl (C=O) groups excluding carboxylic acids is 1. The summed E-state index contributed by atoms with van der Waals surface area (Å²) >= 11 is 0. The van der Waals surface area contributed by atoms with Crippen molar-refractivity contribution >= 4 is 5.91 Å². The number of hydrogen-bond donors (Lipinski definition) is 1. The van der Waals surface area contributed by atoms with E-state index in [1.807, 2.05) is 4.90 Å². The summed E-state index contributed by atoms with van der Waals surface area (Å²) in [7, 11) is 0. The minimum Gasteiger partial charge on any atom is -0.342 e. The molecule has 15 heavy (non-hydrogen) atoms. The van der Waals surface area contributed by atoms with Gasteiger partial charge in [-0.3, -0.25) is 4.79 Å². The maximum Gasteiger partial charge on any atom is 0.223 e. The van der Waals surface area contributed by atoms with E-state index < -0.39 is 0 Å². The molecule has 3 nitrogen and oxygen atoms in total. The van der Waals surface area contributed by atoms with Gasteiger partial charge in [-0.1, -0.05) is 13.8 Å². The second-order valence-corrected chi connectivity index (χ2v) is 5.02. The Hall–Kier alpha value is -0.570. The van der Waals surface area contributed by atoms with Gasteiger partial charge in [0.2, 0.25) is 5.91 Å². The Balaban J connectivity index is 2.38. The molecule has 1 amide bonds. The van der Waals surface area contributed by atoms with Crippen LogP contribution in [0.3, 0.4) is 0 Å². The van der Waals surface area contributed by atoms with Gasteiger partial charge in [0, 0.05) is 26.1 Å². The van der Waals surface area contributed by atoms with Crippen molar-refractivity contribution in [3.05, 3.63) is 0 Å². The van der Waals surface area contributed by atoms with Crippen LogP contribution >= 0.6 is 0 Å². The van der Waals surface area contributed by atoms with Gasteiger partial charge >= 0.3 is 0 Å². The van der Waals surface area contributed by atoms with Crippen LogP contribution in [0.5, 0.6) is 0 Å². The summed E-state index contributed by atoms with van der Waals surface area (Å²) in [6, 6.07) is 0. The number of amides is 1. The zero-order valence-electron chi connectivity index (χ0n) is 10.0. The Morgan fingerprint density at radius 2 is 2.27 bits per heavy atom. The first-order valence-corrected chi connectivity index (χ1v) is 6.11. The van der Waals surface area contributed by atoms with Crippen LogP contribution < -0.4 is 5.73 Å². The lowest BCUT2D eigenvalue weighted by Crippen LogP contribution is -2.40. The number of rotatable bonds is 4. The molecule has 0 saturated carbocycles. The summed E-state index contributed by atoms with van der Waals surface area (Å²) < 4.78 is 0. The van der Waals surface area contributed by atoms with Crippen molar-refractivity contribution in [2.24, 2.45) is 17.6 Å². The fraction of sp³-hybridized carbons (Fsp3) is 0.917. The first kappa shape index (κ1) is 12.5. The number of carbonyl (C=O) groups is 1. The van der Waals surface area contributed by atoms with Crippen LogP contribution in [0.2, 0.25) is 0 Å². The molecule has 3 heteroatoms. The summed E-state index contributed by atoms with van der Waals surface area (Å²) in [5, 5.41) is 0. The Kier molecular flexibility index (Phi) is 5.09. The van der Waals surface area contributed by atoms with Crippen LogP contribution in [-0.4, -0.2) is 30.4 Å². The van der Waals surface area contributed by atoms with Gasteiger partial charge in [-0.05, 0) is 31.1 Å². The van der Waals surface area contributed by atoms with Gasteiger partial charge in [-0.15, -0.1) is 0 Å². The molecule has 88 valence electrons. The molecule has 0 bridgehead atoms. The normalized spacial score (nSPS) is 22.1. The van der Waals surface area contributed by atoms with E-state index in [4.69, 9.17) is 5.73 Å². The summed E-state index contributed by atoms with van der Waals surface area (Å²) in [5.74, 6) is 1.69. The fourth-order valence-electron chi connectivity index (χ4n) is 2.43. The number of nitrogens with two attached hydrogens (primary N) is 1. The zero-order valence-corrected chi connectivity index (χ0v) is 10.0. The van der Waals surface area contributed by atoms with Crippen LogP contribution in [0.1, 0.15) is 39.5 Å². The van der Waals surface area contributed by atoms with Gasteiger partial charge in [0.25, 0.3) is 0 Å². The number of likely N-dealkylation sites (tertiary alicyclic amines) is 1. The molecule has 1 aliphatic rings. The number of nitrogens with zero attached hydrogens (tertiary/aromatic N) is 1. The SMILES string of the molecule is CC(C)CC1CCCN(C(=O)CCN)C1. The van der Waals surface area contributed by atoms with E-state index in [1.54, 1.807) is 0 Å². The average molecular weight is 212 g/mol. The van der Waals surface area contributed by atoms with E-state index in [9.17, 15) is 4.79 Å². The molecule has 2 N–H and O–H groups in total. The molecule has 1 heterocycles. The van der Waals surface area contributed by atoms with E-state index in [0.717, 1.165) is 25.4 Å². The molecule has 0 aromatic heterocycles. The molecule has 0 aromatic carbocycles. The highest BCUT2D eigenvalue weighted by atomic mass is 16.2. The van der Waals surface area contributed by atoms with Crippen molar-refractivity contribution in [3.63, 3.8) is 0 Å². The van der Waals surface area contributed by atoms with Crippen LogP contribution in [0.4, 0.5) is 0 Å². The summed E-state index contributed by atoms with van der Waals surface area (Å²) in [5.41, 5.74) is 5.40. The largest absolute Gasteiger partial charge is 0.342 e. The van der Waals surface area contributed by atoms with Crippen molar-refractivity contribution in [2.75, 3.05) is 19.6 Å². The van der Waals surface area contributed by atoms with Crippen LogP contribution in [0.25, 0.3) is 0 Å². The van der Waals surface area contributed by atoms with Gasteiger partial charge in [-0.2, -0.15) is 0 Å². The topological polar surface area (TPSA) is 46.3 Å². The van der Waals surface area contributed by atoms with E-state index in [-0.39, 0.29) is 5.91 Å². The second-order valence-electron chi connectivity index (χ2n) is 5.02. The van der Waals surface area contributed by atoms with Crippen molar-refractivity contribution in [1.82, 2.24) is 4.90 Å².